The highest BCUT2D eigenvalue weighted by Gasteiger charge is 2.26. The summed E-state index contributed by atoms with van der Waals surface area (Å²) in [6, 6.07) is 12.5. The van der Waals surface area contributed by atoms with Crippen molar-refractivity contribution in [1.29, 1.82) is 0 Å². The molecule has 0 bridgehead atoms. The molecule has 0 aliphatic rings. The fraction of sp³-hybridized carbons (Fsp3) is 0.500. The van der Waals surface area contributed by atoms with E-state index in [-0.39, 0.29) is 30.1 Å². The Hall–Kier alpha value is -1.59. The van der Waals surface area contributed by atoms with Crippen LogP contribution in [-0.2, 0) is 18.6 Å². The molecule has 0 saturated carbocycles. The van der Waals surface area contributed by atoms with Crippen LogP contribution in [0.2, 0.25) is 0 Å². The molecular formula is C28H40O3S. The molecule has 4 heteroatoms. The Balaban J connectivity index is 2.29. The van der Waals surface area contributed by atoms with Gasteiger partial charge >= 0.3 is 0 Å². The fourth-order valence-corrected chi connectivity index (χ4v) is 5.12. The van der Waals surface area contributed by atoms with Crippen molar-refractivity contribution in [3.8, 4) is 0 Å². The Morgan fingerprint density at radius 1 is 0.938 bits per heavy atom. The summed E-state index contributed by atoms with van der Waals surface area (Å²) in [5.41, 5.74) is 4.90. The van der Waals surface area contributed by atoms with Crippen molar-refractivity contribution in [2.24, 2.45) is 5.41 Å². The van der Waals surface area contributed by atoms with E-state index in [0.29, 0.717) is 5.75 Å². The van der Waals surface area contributed by atoms with Crippen molar-refractivity contribution >= 4 is 17.8 Å². The summed E-state index contributed by atoms with van der Waals surface area (Å²) < 4.78 is 0. The highest BCUT2D eigenvalue weighted by Crippen LogP contribution is 2.37. The Bertz CT molecular complexity index is 907. The molecule has 3 N–H and O–H groups in total. The molecule has 0 aromatic heterocycles. The molecule has 0 aliphatic carbocycles. The maximum absolute atomic E-state index is 10.4. The van der Waals surface area contributed by atoms with Gasteiger partial charge in [0.1, 0.15) is 0 Å². The number of benzene rings is 2. The third kappa shape index (κ3) is 6.48. The van der Waals surface area contributed by atoms with Crippen molar-refractivity contribution in [2.75, 3.05) is 5.75 Å². The van der Waals surface area contributed by atoms with Crippen LogP contribution in [0.5, 0.6) is 0 Å². The summed E-state index contributed by atoms with van der Waals surface area (Å²) in [4.78, 5) is 1.22. The molecule has 1 atom stereocenters. The first-order chi connectivity index (χ1) is 15.1. The van der Waals surface area contributed by atoms with E-state index in [1.54, 1.807) is 11.8 Å². The predicted octanol–water partition coefficient (Wildman–Crippen LogP) is 6.25. The monoisotopic (exact) mass is 456 g/mol. The molecule has 176 valence electrons. The first kappa shape index (κ1) is 26.7. The molecule has 32 heavy (non-hydrogen) atoms. The van der Waals surface area contributed by atoms with E-state index in [1.807, 2.05) is 18.2 Å². The summed E-state index contributed by atoms with van der Waals surface area (Å²) in [5.74, 6) is 0.688. The Morgan fingerprint density at radius 3 is 2.12 bits per heavy atom. The lowest BCUT2D eigenvalue weighted by Gasteiger charge is -2.30. The molecule has 0 spiro atoms. The molecule has 0 aliphatic heterocycles. The normalized spacial score (nSPS) is 13.7. The van der Waals surface area contributed by atoms with Crippen LogP contribution in [0.25, 0.3) is 6.08 Å². The lowest BCUT2D eigenvalue weighted by molar-refractivity contribution is 0.0843. The van der Waals surface area contributed by atoms with E-state index in [4.69, 9.17) is 0 Å². The third-order valence-electron chi connectivity index (χ3n) is 6.57. The molecule has 0 amide bonds. The smallest absolute Gasteiger partial charge is 0.0685 e. The van der Waals surface area contributed by atoms with E-state index in [1.165, 1.54) is 16.0 Å². The fourth-order valence-electron chi connectivity index (χ4n) is 3.84. The molecule has 2 aromatic carbocycles. The second-order valence-electron chi connectivity index (χ2n) is 9.71. The zero-order valence-electron chi connectivity index (χ0n) is 20.5. The summed E-state index contributed by atoms with van der Waals surface area (Å²) in [6.45, 7) is 12.7. The molecule has 0 fully saturated rings. The largest absolute Gasteiger partial charge is 0.392 e. The van der Waals surface area contributed by atoms with Gasteiger partial charge in [-0.25, -0.2) is 0 Å². The number of thioether (sulfide) groups is 1. The summed E-state index contributed by atoms with van der Waals surface area (Å²) in [6.07, 6.45) is 6.03. The molecule has 2 aromatic rings. The number of aliphatic hydroxyl groups is 3. The Kier molecular flexibility index (Phi) is 9.59. The molecule has 0 radical (unpaired) electrons. The van der Waals surface area contributed by atoms with Crippen molar-refractivity contribution in [2.45, 2.75) is 84.0 Å². The average Bonchev–Trinajstić information content (AvgIpc) is 2.78. The number of aryl methyl sites for hydroxylation is 1. The van der Waals surface area contributed by atoms with Crippen LogP contribution in [-0.4, -0.2) is 27.2 Å². The zero-order valence-corrected chi connectivity index (χ0v) is 21.3. The predicted molar refractivity (Wildman–Crippen MR) is 137 cm³/mol. The van der Waals surface area contributed by atoms with Crippen LogP contribution >= 0.6 is 11.8 Å². The second-order valence-corrected chi connectivity index (χ2v) is 10.8. The molecule has 1 unspecified atom stereocenters. The molecular weight excluding hydrogens is 416 g/mol. The average molecular weight is 457 g/mol. The molecule has 0 heterocycles. The van der Waals surface area contributed by atoms with Gasteiger partial charge in [-0.1, -0.05) is 71.0 Å². The minimum absolute atomic E-state index is 0.0653. The van der Waals surface area contributed by atoms with Gasteiger partial charge in [-0.3, -0.25) is 0 Å². The van der Waals surface area contributed by atoms with Crippen molar-refractivity contribution in [3.05, 3.63) is 70.3 Å². The summed E-state index contributed by atoms with van der Waals surface area (Å²) >= 11 is 1.72. The van der Waals surface area contributed by atoms with E-state index in [2.05, 4.69) is 71.9 Å². The van der Waals surface area contributed by atoms with E-state index >= 15 is 0 Å². The molecule has 0 saturated heterocycles. The van der Waals surface area contributed by atoms with Crippen molar-refractivity contribution in [3.63, 3.8) is 0 Å². The van der Waals surface area contributed by atoms with Gasteiger partial charge in [0.25, 0.3) is 0 Å². The van der Waals surface area contributed by atoms with Gasteiger partial charge in [0.2, 0.25) is 0 Å². The van der Waals surface area contributed by atoms with Gasteiger partial charge in [0, 0.05) is 16.1 Å². The summed E-state index contributed by atoms with van der Waals surface area (Å²) in [5, 5.41) is 29.4. The first-order valence-corrected chi connectivity index (χ1v) is 12.5. The maximum atomic E-state index is 10.4. The minimum Gasteiger partial charge on any atom is -0.392 e. The van der Waals surface area contributed by atoms with Crippen molar-refractivity contribution < 1.29 is 15.3 Å². The van der Waals surface area contributed by atoms with E-state index < -0.39 is 0 Å². The van der Waals surface area contributed by atoms with Gasteiger partial charge in [-0.15, -0.1) is 11.8 Å². The molecule has 3 nitrogen and oxygen atoms in total. The highest BCUT2D eigenvalue weighted by molar-refractivity contribution is 7.99. The molecule has 2 rings (SSSR count). The van der Waals surface area contributed by atoms with Crippen LogP contribution in [0.3, 0.4) is 0 Å². The van der Waals surface area contributed by atoms with Gasteiger partial charge < -0.3 is 15.3 Å². The van der Waals surface area contributed by atoms with E-state index in [9.17, 15) is 15.3 Å². The first-order valence-electron chi connectivity index (χ1n) is 11.5. The van der Waals surface area contributed by atoms with Gasteiger partial charge in [-0.2, -0.15) is 0 Å². The number of hydrogen-bond donors (Lipinski definition) is 3. The zero-order chi connectivity index (χ0) is 23.9. The SMILES string of the molecule is CCC(/C=C/c1ccc(CO)c(CO)c1)(CC)c1ccc(SCC(O)C(C)(C)C)c(C)c1. The third-order valence-corrected chi connectivity index (χ3v) is 7.83. The van der Waals surface area contributed by atoms with Gasteiger partial charge in [0.15, 0.2) is 0 Å². The summed E-state index contributed by atoms with van der Waals surface area (Å²) in [7, 11) is 0. The highest BCUT2D eigenvalue weighted by atomic mass is 32.2. The van der Waals surface area contributed by atoms with Crippen LogP contribution in [0, 0.1) is 12.3 Å². The topological polar surface area (TPSA) is 60.7 Å². The van der Waals surface area contributed by atoms with Crippen LogP contribution in [0.4, 0.5) is 0 Å². The Morgan fingerprint density at radius 2 is 1.59 bits per heavy atom. The maximum Gasteiger partial charge on any atom is 0.0685 e. The van der Waals surface area contributed by atoms with Crippen LogP contribution in [0.15, 0.2) is 47.4 Å². The van der Waals surface area contributed by atoms with Gasteiger partial charge in [0.05, 0.1) is 19.3 Å². The number of aliphatic hydroxyl groups excluding tert-OH is 3. The second kappa shape index (κ2) is 11.5. The number of hydrogen-bond acceptors (Lipinski definition) is 4. The van der Waals surface area contributed by atoms with Crippen LogP contribution < -0.4 is 0 Å². The van der Waals surface area contributed by atoms with E-state index in [0.717, 1.165) is 29.5 Å². The van der Waals surface area contributed by atoms with Crippen LogP contribution in [0.1, 0.15) is 75.3 Å². The number of rotatable bonds is 10. The number of allylic oxidation sites excluding steroid dienone is 1. The van der Waals surface area contributed by atoms with Gasteiger partial charge in [-0.05, 0) is 65.1 Å². The lowest BCUT2D eigenvalue weighted by Crippen LogP contribution is -2.28. The standard InChI is InChI=1S/C28H40O3S/c1-7-28(8-2,14-13-21-9-10-22(17-29)23(16-21)18-30)24-11-12-25(20(3)15-24)32-19-26(31)27(4,5)6/h9-16,26,29-31H,7-8,17-19H2,1-6H3/b14-13+. The minimum atomic E-state index is -0.346. The van der Waals surface area contributed by atoms with Crippen molar-refractivity contribution in [1.82, 2.24) is 0 Å². The Labute approximate surface area is 198 Å². The lowest BCUT2D eigenvalue weighted by atomic mass is 9.75. The quantitative estimate of drug-likeness (QED) is 0.370.